The molecule has 34 heavy (non-hydrogen) atoms. The summed E-state index contributed by atoms with van der Waals surface area (Å²) in [6.45, 7) is 20.4. The molecule has 2 unspecified atom stereocenters. The van der Waals surface area contributed by atoms with Crippen LogP contribution in [0.15, 0.2) is 49.0 Å². The van der Waals surface area contributed by atoms with Gasteiger partial charge in [-0.1, -0.05) is 58.5 Å². The van der Waals surface area contributed by atoms with Gasteiger partial charge in [0.15, 0.2) is 0 Å². The molecule has 0 bridgehead atoms. The van der Waals surface area contributed by atoms with E-state index in [-0.39, 0.29) is 6.10 Å². The molecule has 2 aliphatic rings. The summed E-state index contributed by atoms with van der Waals surface area (Å²) < 4.78 is 6.03. The van der Waals surface area contributed by atoms with Gasteiger partial charge in [-0.2, -0.15) is 0 Å². The second-order valence-corrected chi connectivity index (χ2v) is 11.5. The van der Waals surface area contributed by atoms with Crippen molar-refractivity contribution < 1.29 is 4.74 Å². The third kappa shape index (κ3) is 4.92. The van der Waals surface area contributed by atoms with Crippen LogP contribution in [0.5, 0.6) is 5.75 Å². The van der Waals surface area contributed by atoms with Crippen molar-refractivity contribution in [1.82, 2.24) is 4.90 Å². The Morgan fingerprint density at radius 1 is 1.09 bits per heavy atom. The van der Waals surface area contributed by atoms with Crippen LogP contribution in [0, 0.1) is 17.3 Å². The summed E-state index contributed by atoms with van der Waals surface area (Å²) in [6.07, 6.45) is 6.21. The fourth-order valence-electron chi connectivity index (χ4n) is 6.57. The van der Waals surface area contributed by atoms with Crippen molar-refractivity contribution >= 4 is 5.70 Å². The van der Waals surface area contributed by atoms with Crippen molar-refractivity contribution in [3.8, 4) is 5.75 Å². The maximum absolute atomic E-state index is 6.03. The average Bonchev–Trinajstić information content (AvgIpc) is 2.82. The van der Waals surface area contributed by atoms with Crippen molar-refractivity contribution in [3.63, 3.8) is 0 Å². The fraction of sp³-hybridized carbons (Fsp3) is 0.562. The molecule has 4 rings (SSSR count). The Bertz CT molecular complexity index is 996. The number of hydrogen-bond donors (Lipinski definition) is 0. The molecule has 0 N–H and O–H groups in total. The quantitative estimate of drug-likeness (QED) is 0.414. The minimum absolute atomic E-state index is 0.194. The summed E-state index contributed by atoms with van der Waals surface area (Å²) in [7, 11) is 0. The molecule has 1 spiro atoms. The number of nitrogens with zero attached hydrogens (tertiary/aromatic N) is 1. The molecule has 0 aromatic heterocycles. The third-order valence-corrected chi connectivity index (χ3v) is 8.57. The van der Waals surface area contributed by atoms with Gasteiger partial charge in [-0.25, -0.2) is 0 Å². The second kappa shape index (κ2) is 10.2. The zero-order valence-corrected chi connectivity index (χ0v) is 22.4. The zero-order chi connectivity index (χ0) is 24.5. The summed E-state index contributed by atoms with van der Waals surface area (Å²) >= 11 is 0. The van der Waals surface area contributed by atoms with Crippen LogP contribution in [0.25, 0.3) is 5.70 Å². The number of ether oxygens (including phenoxy) is 1. The molecule has 2 heteroatoms. The molecular formula is C32H45NO. The van der Waals surface area contributed by atoms with E-state index in [1.807, 2.05) is 0 Å². The molecular weight excluding hydrogens is 414 g/mol. The van der Waals surface area contributed by atoms with E-state index in [9.17, 15) is 0 Å². The second-order valence-electron chi connectivity index (χ2n) is 11.5. The summed E-state index contributed by atoms with van der Waals surface area (Å²) in [5.41, 5.74) is 7.32. The molecule has 1 aliphatic carbocycles. The lowest BCUT2D eigenvalue weighted by molar-refractivity contribution is 0.0483. The molecule has 2 nitrogen and oxygen atoms in total. The van der Waals surface area contributed by atoms with Gasteiger partial charge in [0.1, 0.15) is 5.75 Å². The van der Waals surface area contributed by atoms with Crippen LogP contribution in [0.2, 0.25) is 0 Å². The molecule has 0 saturated carbocycles. The number of fused-ring (bicyclic) bond motifs is 1. The molecule has 1 heterocycles. The maximum Gasteiger partial charge on any atom is 0.122 e. The SMILES string of the molecule is C=C(c1ccc(OC(C)C)c(CC)c1)N1CCC2(CC1)Cc1ccccc1C(CC(C)C)C2C. The van der Waals surface area contributed by atoms with Gasteiger partial charge in [0.25, 0.3) is 0 Å². The lowest BCUT2D eigenvalue weighted by atomic mass is 9.55. The highest BCUT2D eigenvalue weighted by Crippen LogP contribution is 2.54. The van der Waals surface area contributed by atoms with Gasteiger partial charge in [0.2, 0.25) is 0 Å². The number of likely N-dealkylation sites (tertiary alicyclic amines) is 1. The van der Waals surface area contributed by atoms with Gasteiger partial charge in [0, 0.05) is 18.8 Å². The van der Waals surface area contributed by atoms with Crippen LogP contribution in [-0.4, -0.2) is 24.1 Å². The van der Waals surface area contributed by atoms with Crippen molar-refractivity contribution in [2.45, 2.75) is 85.7 Å². The number of benzene rings is 2. The van der Waals surface area contributed by atoms with E-state index in [0.29, 0.717) is 11.3 Å². The van der Waals surface area contributed by atoms with Gasteiger partial charge >= 0.3 is 0 Å². The van der Waals surface area contributed by atoms with E-state index in [4.69, 9.17) is 4.74 Å². The van der Waals surface area contributed by atoms with E-state index in [1.54, 1.807) is 11.1 Å². The standard InChI is InChI=1S/C32H45NO/c1-8-26-20-27(13-14-31(26)34-23(4)5)25(7)33-17-15-32(16-18-33)21-28-11-9-10-12-29(28)30(24(32)6)19-22(2)3/h9-14,20,22-24,30H,7-8,15-19,21H2,1-6H3. The first-order valence-corrected chi connectivity index (χ1v) is 13.6. The van der Waals surface area contributed by atoms with Crippen molar-refractivity contribution in [2.75, 3.05) is 13.1 Å². The van der Waals surface area contributed by atoms with Crippen molar-refractivity contribution in [3.05, 3.63) is 71.3 Å². The molecule has 2 atom stereocenters. The minimum atomic E-state index is 0.194. The Labute approximate surface area is 208 Å². The van der Waals surface area contributed by atoms with Crippen molar-refractivity contribution in [1.29, 1.82) is 0 Å². The molecule has 2 aromatic carbocycles. The number of hydrogen-bond acceptors (Lipinski definition) is 2. The molecule has 184 valence electrons. The third-order valence-electron chi connectivity index (χ3n) is 8.57. The molecule has 2 aromatic rings. The van der Waals surface area contributed by atoms with Crippen LogP contribution in [-0.2, 0) is 12.8 Å². The highest BCUT2D eigenvalue weighted by Gasteiger charge is 2.46. The number of piperidine rings is 1. The van der Waals surface area contributed by atoms with Gasteiger partial charge in [-0.3, -0.25) is 0 Å². The molecule has 1 fully saturated rings. The van der Waals surface area contributed by atoms with Crippen LogP contribution in [0.1, 0.15) is 89.0 Å². The Hall–Kier alpha value is -2.22. The summed E-state index contributed by atoms with van der Waals surface area (Å²) in [4.78, 5) is 2.54. The van der Waals surface area contributed by atoms with Crippen LogP contribution >= 0.6 is 0 Å². The van der Waals surface area contributed by atoms with Crippen molar-refractivity contribution in [2.24, 2.45) is 17.3 Å². The first-order chi connectivity index (χ1) is 16.2. The zero-order valence-electron chi connectivity index (χ0n) is 22.4. The molecule has 1 aliphatic heterocycles. The van der Waals surface area contributed by atoms with Gasteiger partial charge in [-0.05, 0) is 110 Å². The minimum Gasteiger partial charge on any atom is -0.491 e. The Kier molecular flexibility index (Phi) is 7.45. The maximum atomic E-state index is 6.03. The lowest BCUT2D eigenvalue weighted by Gasteiger charge is -2.52. The largest absolute Gasteiger partial charge is 0.491 e. The van der Waals surface area contributed by atoms with Crippen LogP contribution < -0.4 is 4.74 Å². The highest BCUT2D eigenvalue weighted by molar-refractivity contribution is 5.64. The van der Waals surface area contributed by atoms with Crippen LogP contribution in [0.3, 0.4) is 0 Å². The molecule has 0 amide bonds. The summed E-state index contributed by atoms with van der Waals surface area (Å²) in [5.74, 6) is 3.14. The number of aryl methyl sites for hydroxylation is 1. The predicted molar refractivity (Wildman–Crippen MR) is 145 cm³/mol. The predicted octanol–water partition coefficient (Wildman–Crippen LogP) is 8.11. The van der Waals surface area contributed by atoms with Gasteiger partial charge in [0.05, 0.1) is 6.10 Å². The Balaban J connectivity index is 1.51. The van der Waals surface area contributed by atoms with E-state index in [2.05, 4.69) is 95.5 Å². The highest BCUT2D eigenvalue weighted by atomic mass is 16.5. The van der Waals surface area contributed by atoms with Gasteiger partial charge in [-0.15, -0.1) is 0 Å². The first-order valence-electron chi connectivity index (χ1n) is 13.6. The van der Waals surface area contributed by atoms with E-state index >= 15 is 0 Å². The monoisotopic (exact) mass is 459 g/mol. The average molecular weight is 460 g/mol. The Morgan fingerprint density at radius 2 is 1.79 bits per heavy atom. The van der Waals surface area contributed by atoms with E-state index < -0.39 is 0 Å². The van der Waals surface area contributed by atoms with E-state index in [1.165, 1.54) is 42.5 Å². The van der Waals surface area contributed by atoms with Crippen LogP contribution in [0.4, 0.5) is 0 Å². The van der Waals surface area contributed by atoms with Gasteiger partial charge < -0.3 is 9.64 Å². The summed E-state index contributed by atoms with van der Waals surface area (Å²) in [5, 5.41) is 0. The molecule has 1 saturated heterocycles. The smallest absolute Gasteiger partial charge is 0.122 e. The number of rotatable bonds is 7. The lowest BCUT2D eigenvalue weighted by Crippen LogP contribution is -2.47. The Morgan fingerprint density at radius 3 is 2.44 bits per heavy atom. The fourth-order valence-corrected chi connectivity index (χ4v) is 6.57. The molecule has 0 radical (unpaired) electrons. The summed E-state index contributed by atoms with van der Waals surface area (Å²) in [6, 6.07) is 15.9. The normalized spacial score (nSPS) is 21.7. The van der Waals surface area contributed by atoms with E-state index in [0.717, 1.165) is 37.1 Å². The first kappa shape index (κ1) is 24.9. The topological polar surface area (TPSA) is 12.5 Å².